The van der Waals surface area contributed by atoms with E-state index in [-0.39, 0.29) is 11.7 Å². The zero-order valence-electron chi connectivity index (χ0n) is 9.84. The number of rotatable bonds is 5. The molecule has 16 heavy (non-hydrogen) atoms. The van der Waals surface area contributed by atoms with Crippen LogP contribution in [0.15, 0.2) is 0 Å². The van der Waals surface area contributed by atoms with Gasteiger partial charge in [-0.25, -0.2) is 4.68 Å². The Hall–Kier alpha value is -1.43. The molecule has 0 aliphatic rings. The average molecular weight is 226 g/mol. The summed E-state index contributed by atoms with van der Waals surface area (Å²) in [4.78, 5) is 11.1. The van der Waals surface area contributed by atoms with Gasteiger partial charge in [-0.2, -0.15) is 0 Å². The van der Waals surface area contributed by atoms with Crippen LogP contribution in [0.5, 0.6) is 0 Å². The SMILES string of the molecule is CCCc1c(C(N)=O)nnn1C(C)C(C)O. The van der Waals surface area contributed by atoms with Crippen LogP contribution in [0.1, 0.15) is 49.4 Å². The number of primary amides is 1. The predicted molar refractivity (Wildman–Crippen MR) is 58.9 cm³/mol. The molecule has 0 aliphatic carbocycles. The van der Waals surface area contributed by atoms with Gasteiger partial charge in [0.1, 0.15) is 0 Å². The van der Waals surface area contributed by atoms with Crippen molar-refractivity contribution in [1.82, 2.24) is 15.0 Å². The second-order valence-corrected chi connectivity index (χ2v) is 3.92. The summed E-state index contributed by atoms with van der Waals surface area (Å²) in [6.45, 7) is 5.49. The third-order valence-corrected chi connectivity index (χ3v) is 2.60. The quantitative estimate of drug-likeness (QED) is 0.753. The average Bonchev–Trinajstić information content (AvgIpc) is 2.61. The van der Waals surface area contributed by atoms with E-state index in [9.17, 15) is 9.90 Å². The molecule has 0 fully saturated rings. The molecule has 1 rings (SSSR count). The molecular weight excluding hydrogens is 208 g/mol. The minimum absolute atomic E-state index is 0.203. The number of hydrogen-bond acceptors (Lipinski definition) is 4. The van der Waals surface area contributed by atoms with Gasteiger partial charge in [0, 0.05) is 0 Å². The van der Waals surface area contributed by atoms with Crippen LogP contribution in [0.4, 0.5) is 0 Å². The predicted octanol–water partition coefficient (Wildman–Crippen LogP) is 0.271. The van der Waals surface area contributed by atoms with Crippen molar-refractivity contribution in [3.8, 4) is 0 Å². The maximum absolute atomic E-state index is 11.1. The summed E-state index contributed by atoms with van der Waals surface area (Å²) < 4.78 is 1.58. The first kappa shape index (κ1) is 12.6. The number of aromatic nitrogens is 3. The summed E-state index contributed by atoms with van der Waals surface area (Å²) >= 11 is 0. The normalized spacial score (nSPS) is 14.8. The highest BCUT2D eigenvalue weighted by molar-refractivity contribution is 5.91. The Labute approximate surface area is 94.4 Å². The molecule has 0 aromatic carbocycles. The van der Waals surface area contributed by atoms with Crippen LogP contribution in [0.2, 0.25) is 0 Å². The van der Waals surface area contributed by atoms with E-state index in [1.165, 1.54) is 0 Å². The fourth-order valence-electron chi connectivity index (χ4n) is 1.51. The van der Waals surface area contributed by atoms with Crippen molar-refractivity contribution in [2.75, 3.05) is 0 Å². The first-order valence-corrected chi connectivity index (χ1v) is 5.41. The second kappa shape index (κ2) is 5.07. The van der Waals surface area contributed by atoms with E-state index >= 15 is 0 Å². The highest BCUT2D eigenvalue weighted by atomic mass is 16.3. The van der Waals surface area contributed by atoms with Crippen molar-refractivity contribution in [2.24, 2.45) is 5.73 Å². The highest BCUT2D eigenvalue weighted by Crippen LogP contribution is 2.16. The number of amides is 1. The second-order valence-electron chi connectivity index (χ2n) is 3.92. The highest BCUT2D eigenvalue weighted by Gasteiger charge is 2.21. The fourth-order valence-corrected chi connectivity index (χ4v) is 1.51. The zero-order valence-corrected chi connectivity index (χ0v) is 9.84. The lowest BCUT2D eigenvalue weighted by molar-refractivity contribution is 0.0993. The topological polar surface area (TPSA) is 94.0 Å². The fraction of sp³-hybridized carbons (Fsp3) is 0.700. The summed E-state index contributed by atoms with van der Waals surface area (Å²) in [7, 11) is 0. The van der Waals surface area contributed by atoms with Gasteiger partial charge in [0.2, 0.25) is 0 Å². The molecular formula is C10H18N4O2. The first-order chi connectivity index (χ1) is 7.49. The van der Waals surface area contributed by atoms with E-state index < -0.39 is 12.0 Å². The smallest absolute Gasteiger partial charge is 0.271 e. The van der Waals surface area contributed by atoms with Crippen LogP contribution in [-0.2, 0) is 6.42 Å². The minimum Gasteiger partial charge on any atom is -0.391 e. The lowest BCUT2D eigenvalue weighted by Crippen LogP contribution is -2.22. The lowest BCUT2D eigenvalue weighted by Gasteiger charge is -2.17. The van der Waals surface area contributed by atoms with Gasteiger partial charge >= 0.3 is 0 Å². The van der Waals surface area contributed by atoms with E-state index in [2.05, 4.69) is 10.3 Å². The number of aliphatic hydroxyl groups excluding tert-OH is 1. The van der Waals surface area contributed by atoms with Crippen molar-refractivity contribution in [2.45, 2.75) is 45.8 Å². The summed E-state index contributed by atoms with van der Waals surface area (Å²) in [5.41, 5.74) is 6.12. The molecule has 1 amide bonds. The van der Waals surface area contributed by atoms with Gasteiger partial charge in [-0.05, 0) is 20.3 Å². The van der Waals surface area contributed by atoms with Crippen molar-refractivity contribution in [1.29, 1.82) is 0 Å². The van der Waals surface area contributed by atoms with E-state index in [4.69, 9.17) is 5.73 Å². The molecule has 0 aliphatic heterocycles. The van der Waals surface area contributed by atoms with Gasteiger partial charge in [0.25, 0.3) is 5.91 Å². The van der Waals surface area contributed by atoms with E-state index in [1.807, 2.05) is 13.8 Å². The Balaban J connectivity index is 3.14. The largest absolute Gasteiger partial charge is 0.391 e. The standard InChI is InChI=1S/C10H18N4O2/c1-4-5-8-9(10(11)16)12-13-14(8)6(2)7(3)15/h6-7,15H,4-5H2,1-3H3,(H2,11,16). The summed E-state index contributed by atoms with van der Waals surface area (Å²) in [5, 5.41) is 17.2. The molecule has 0 saturated heterocycles. The number of hydrogen-bond donors (Lipinski definition) is 2. The molecule has 90 valence electrons. The summed E-state index contributed by atoms with van der Waals surface area (Å²) in [6.07, 6.45) is 0.973. The van der Waals surface area contributed by atoms with Crippen LogP contribution in [-0.4, -0.2) is 32.1 Å². The minimum atomic E-state index is -0.576. The summed E-state index contributed by atoms with van der Waals surface area (Å²) in [5.74, 6) is -0.576. The molecule has 1 aromatic rings. The maximum atomic E-state index is 11.1. The molecule has 2 atom stereocenters. The molecule has 6 nitrogen and oxygen atoms in total. The Morgan fingerprint density at radius 1 is 1.56 bits per heavy atom. The van der Waals surface area contributed by atoms with Gasteiger partial charge in [-0.1, -0.05) is 18.6 Å². The van der Waals surface area contributed by atoms with Crippen LogP contribution >= 0.6 is 0 Å². The maximum Gasteiger partial charge on any atom is 0.271 e. The molecule has 0 spiro atoms. The van der Waals surface area contributed by atoms with Crippen molar-refractivity contribution < 1.29 is 9.90 Å². The Bertz CT molecular complexity index is 373. The number of aliphatic hydroxyl groups is 1. The lowest BCUT2D eigenvalue weighted by atomic mass is 10.1. The molecule has 2 unspecified atom stereocenters. The van der Waals surface area contributed by atoms with E-state index in [1.54, 1.807) is 11.6 Å². The van der Waals surface area contributed by atoms with Crippen LogP contribution < -0.4 is 5.73 Å². The molecule has 6 heteroatoms. The number of nitrogens with zero attached hydrogens (tertiary/aromatic N) is 3. The van der Waals surface area contributed by atoms with Crippen molar-refractivity contribution >= 4 is 5.91 Å². The Kier molecular flexibility index (Phi) is 4.00. The van der Waals surface area contributed by atoms with Gasteiger partial charge in [0.05, 0.1) is 17.8 Å². The third-order valence-electron chi connectivity index (χ3n) is 2.60. The zero-order chi connectivity index (χ0) is 12.3. The van der Waals surface area contributed by atoms with Gasteiger partial charge in [-0.15, -0.1) is 5.10 Å². The van der Waals surface area contributed by atoms with Gasteiger partial charge in [-0.3, -0.25) is 4.79 Å². The number of nitrogens with two attached hydrogens (primary N) is 1. The number of carbonyl (C=O) groups is 1. The Morgan fingerprint density at radius 3 is 2.62 bits per heavy atom. The van der Waals surface area contributed by atoms with Crippen molar-refractivity contribution in [3.05, 3.63) is 11.4 Å². The molecule has 0 bridgehead atoms. The monoisotopic (exact) mass is 226 g/mol. The third kappa shape index (κ3) is 2.38. The van der Waals surface area contributed by atoms with E-state index in [0.29, 0.717) is 12.1 Å². The Morgan fingerprint density at radius 2 is 2.19 bits per heavy atom. The van der Waals surface area contributed by atoms with Crippen molar-refractivity contribution in [3.63, 3.8) is 0 Å². The van der Waals surface area contributed by atoms with Gasteiger partial charge < -0.3 is 10.8 Å². The first-order valence-electron chi connectivity index (χ1n) is 5.41. The van der Waals surface area contributed by atoms with Crippen LogP contribution in [0, 0.1) is 0 Å². The molecule has 3 N–H and O–H groups in total. The van der Waals surface area contributed by atoms with Crippen LogP contribution in [0.3, 0.4) is 0 Å². The molecule has 1 heterocycles. The number of carbonyl (C=O) groups excluding carboxylic acids is 1. The van der Waals surface area contributed by atoms with Crippen LogP contribution in [0.25, 0.3) is 0 Å². The van der Waals surface area contributed by atoms with E-state index in [0.717, 1.165) is 6.42 Å². The summed E-state index contributed by atoms with van der Waals surface area (Å²) in [6, 6.07) is -0.220. The molecule has 0 radical (unpaired) electrons. The molecule has 1 aromatic heterocycles. The van der Waals surface area contributed by atoms with Gasteiger partial charge in [0.15, 0.2) is 5.69 Å². The molecule has 0 saturated carbocycles.